The number of nitrogens with zero attached hydrogens (tertiary/aromatic N) is 2. The molecule has 2 N–H and O–H groups in total. The second-order valence-corrected chi connectivity index (χ2v) is 6.20. The second kappa shape index (κ2) is 7.98. The molecule has 3 amide bonds. The smallest absolute Gasteiger partial charge is 0.338 e. The van der Waals surface area contributed by atoms with Crippen LogP contribution in [0.1, 0.15) is 35.9 Å². The summed E-state index contributed by atoms with van der Waals surface area (Å²) in [6.07, 6.45) is 2.33. The van der Waals surface area contributed by atoms with Crippen molar-refractivity contribution >= 4 is 28.8 Å². The van der Waals surface area contributed by atoms with Crippen molar-refractivity contribution in [2.75, 3.05) is 13.2 Å². The molecule has 1 aromatic carbocycles. The predicted molar refractivity (Wildman–Crippen MR) is 96.4 cm³/mol. The lowest BCUT2D eigenvalue weighted by molar-refractivity contribution is -0.123. The molecular weight excluding hydrogens is 352 g/mol. The number of rotatable bonds is 5. The van der Waals surface area contributed by atoms with Crippen molar-refractivity contribution in [2.24, 2.45) is 0 Å². The molecule has 0 atom stereocenters. The van der Waals surface area contributed by atoms with Crippen LogP contribution in [0.4, 0.5) is 4.79 Å². The van der Waals surface area contributed by atoms with E-state index in [2.05, 4.69) is 15.6 Å². The number of fused-ring (bicyclic) bond motifs is 2. The molecule has 1 aromatic heterocycles. The third-order valence-corrected chi connectivity index (χ3v) is 4.18. The molecule has 0 bridgehead atoms. The summed E-state index contributed by atoms with van der Waals surface area (Å²) in [5.74, 6) is -0.758. The van der Waals surface area contributed by atoms with Gasteiger partial charge < -0.3 is 10.1 Å². The number of benzene rings is 1. The normalized spacial score (nSPS) is 12.5. The SMILES string of the molecule is CCCNC(=O)NC(=O)COC(=O)c1ccc2c(=O)n3c(nc2c1)CCC3. The molecule has 142 valence electrons. The number of amides is 3. The third-order valence-electron chi connectivity index (χ3n) is 4.18. The van der Waals surface area contributed by atoms with Crippen molar-refractivity contribution in [3.63, 3.8) is 0 Å². The van der Waals surface area contributed by atoms with Crippen molar-refractivity contribution in [3.8, 4) is 0 Å². The van der Waals surface area contributed by atoms with Crippen LogP contribution < -0.4 is 16.2 Å². The molecular formula is C18H20N4O5. The molecule has 0 saturated heterocycles. The maximum atomic E-state index is 12.4. The number of carbonyl (C=O) groups excluding carboxylic acids is 3. The highest BCUT2D eigenvalue weighted by Crippen LogP contribution is 2.16. The number of nitrogens with one attached hydrogen (secondary N) is 2. The minimum atomic E-state index is -0.733. The lowest BCUT2D eigenvalue weighted by Crippen LogP contribution is -2.41. The van der Waals surface area contributed by atoms with Crippen molar-refractivity contribution in [1.29, 1.82) is 0 Å². The van der Waals surface area contributed by atoms with Crippen LogP contribution in [0, 0.1) is 0 Å². The molecule has 9 nitrogen and oxygen atoms in total. The first-order valence-corrected chi connectivity index (χ1v) is 8.78. The molecule has 2 aromatic rings. The van der Waals surface area contributed by atoms with Crippen LogP contribution in [-0.2, 0) is 22.5 Å². The fraction of sp³-hybridized carbons (Fsp3) is 0.389. The number of imide groups is 1. The third kappa shape index (κ3) is 4.13. The Morgan fingerprint density at radius 3 is 2.89 bits per heavy atom. The first kappa shape index (κ1) is 18.6. The van der Waals surface area contributed by atoms with Crippen LogP contribution in [0.25, 0.3) is 10.9 Å². The average Bonchev–Trinajstić information content (AvgIpc) is 3.13. The van der Waals surface area contributed by atoms with Gasteiger partial charge in [0.25, 0.3) is 11.5 Å². The summed E-state index contributed by atoms with van der Waals surface area (Å²) in [5, 5.41) is 4.97. The summed E-state index contributed by atoms with van der Waals surface area (Å²) in [6, 6.07) is 3.83. The highest BCUT2D eigenvalue weighted by molar-refractivity contribution is 5.98. The fourth-order valence-corrected chi connectivity index (χ4v) is 2.87. The topological polar surface area (TPSA) is 119 Å². The van der Waals surface area contributed by atoms with Crippen molar-refractivity contribution in [2.45, 2.75) is 32.7 Å². The Morgan fingerprint density at radius 1 is 1.30 bits per heavy atom. The van der Waals surface area contributed by atoms with Crippen LogP contribution in [0.15, 0.2) is 23.0 Å². The van der Waals surface area contributed by atoms with E-state index in [1.807, 2.05) is 6.92 Å². The van der Waals surface area contributed by atoms with E-state index >= 15 is 0 Å². The predicted octanol–water partition coefficient (Wildman–Crippen LogP) is 0.735. The molecule has 0 unspecified atom stereocenters. The minimum Gasteiger partial charge on any atom is -0.452 e. The lowest BCUT2D eigenvalue weighted by atomic mass is 10.1. The maximum absolute atomic E-state index is 12.4. The summed E-state index contributed by atoms with van der Waals surface area (Å²) in [7, 11) is 0. The van der Waals surface area contributed by atoms with Gasteiger partial charge >= 0.3 is 12.0 Å². The van der Waals surface area contributed by atoms with Gasteiger partial charge in [0.2, 0.25) is 0 Å². The van der Waals surface area contributed by atoms with E-state index in [1.165, 1.54) is 18.2 Å². The van der Waals surface area contributed by atoms with Gasteiger partial charge in [-0.15, -0.1) is 0 Å². The molecule has 2 heterocycles. The second-order valence-electron chi connectivity index (χ2n) is 6.20. The fourth-order valence-electron chi connectivity index (χ4n) is 2.87. The molecule has 0 radical (unpaired) electrons. The largest absolute Gasteiger partial charge is 0.452 e. The Morgan fingerprint density at radius 2 is 2.11 bits per heavy atom. The molecule has 3 rings (SSSR count). The minimum absolute atomic E-state index is 0.120. The van der Waals surface area contributed by atoms with E-state index in [0.717, 1.165) is 19.3 Å². The monoisotopic (exact) mass is 372 g/mol. The Hall–Kier alpha value is -3.23. The zero-order chi connectivity index (χ0) is 19.4. The highest BCUT2D eigenvalue weighted by atomic mass is 16.5. The van der Waals surface area contributed by atoms with E-state index in [1.54, 1.807) is 4.57 Å². The van der Waals surface area contributed by atoms with Gasteiger partial charge in [-0.05, 0) is 31.0 Å². The van der Waals surface area contributed by atoms with Gasteiger partial charge in [0.05, 0.1) is 16.5 Å². The van der Waals surface area contributed by atoms with Gasteiger partial charge in [-0.1, -0.05) is 6.92 Å². The molecule has 1 aliphatic heterocycles. The van der Waals surface area contributed by atoms with E-state index in [4.69, 9.17) is 4.74 Å². The lowest BCUT2D eigenvalue weighted by Gasteiger charge is -2.08. The highest BCUT2D eigenvalue weighted by Gasteiger charge is 2.18. The zero-order valence-electron chi connectivity index (χ0n) is 14.9. The van der Waals surface area contributed by atoms with Crippen molar-refractivity contribution in [1.82, 2.24) is 20.2 Å². The van der Waals surface area contributed by atoms with E-state index in [9.17, 15) is 19.2 Å². The van der Waals surface area contributed by atoms with E-state index in [0.29, 0.717) is 29.8 Å². The standard InChI is InChI=1S/C18H20N4O5/c1-2-7-19-18(26)21-15(23)10-27-17(25)11-5-6-12-13(9-11)20-14-4-3-8-22(14)16(12)24/h5-6,9H,2-4,7-8,10H2,1H3,(H2,19,21,23,26). The Balaban J connectivity index is 1.66. The number of aromatic nitrogens is 2. The number of carbonyl (C=O) groups is 3. The zero-order valence-corrected chi connectivity index (χ0v) is 14.9. The number of hydrogen-bond donors (Lipinski definition) is 2. The first-order chi connectivity index (χ1) is 13.0. The first-order valence-electron chi connectivity index (χ1n) is 8.78. The van der Waals surface area contributed by atoms with Gasteiger partial charge in [0.1, 0.15) is 5.82 Å². The summed E-state index contributed by atoms with van der Waals surface area (Å²) in [4.78, 5) is 52.0. The molecule has 0 saturated carbocycles. The summed E-state index contributed by atoms with van der Waals surface area (Å²) < 4.78 is 6.57. The molecule has 1 aliphatic rings. The van der Waals surface area contributed by atoms with Gasteiger partial charge in [-0.3, -0.25) is 19.5 Å². The van der Waals surface area contributed by atoms with Crippen LogP contribution >= 0.6 is 0 Å². The van der Waals surface area contributed by atoms with Crippen LogP contribution in [0.2, 0.25) is 0 Å². The van der Waals surface area contributed by atoms with Gasteiger partial charge in [-0.2, -0.15) is 0 Å². The van der Waals surface area contributed by atoms with Crippen LogP contribution in [-0.4, -0.2) is 40.6 Å². The molecule has 9 heteroatoms. The quantitative estimate of drug-likeness (QED) is 0.747. The van der Waals surface area contributed by atoms with E-state index < -0.39 is 24.5 Å². The van der Waals surface area contributed by atoms with Gasteiger partial charge in [-0.25, -0.2) is 14.6 Å². The number of ether oxygens (including phenoxy) is 1. The van der Waals surface area contributed by atoms with E-state index in [-0.39, 0.29) is 11.1 Å². The Bertz CT molecular complexity index is 966. The van der Waals surface area contributed by atoms with Crippen molar-refractivity contribution < 1.29 is 19.1 Å². The summed E-state index contributed by atoms with van der Waals surface area (Å²) in [5.41, 5.74) is 0.483. The van der Waals surface area contributed by atoms with Crippen LogP contribution in [0.5, 0.6) is 0 Å². The number of urea groups is 1. The summed E-state index contributed by atoms with van der Waals surface area (Å²) >= 11 is 0. The number of hydrogen-bond acceptors (Lipinski definition) is 6. The Labute approximate surface area is 154 Å². The molecule has 0 spiro atoms. The number of aryl methyl sites for hydroxylation is 1. The molecule has 0 aliphatic carbocycles. The average molecular weight is 372 g/mol. The molecule has 0 fully saturated rings. The summed E-state index contributed by atoms with van der Waals surface area (Å²) in [6.45, 7) is 2.39. The number of esters is 1. The van der Waals surface area contributed by atoms with Gasteiger partial charge in [0.15, 0.2) is 6.61 Å². The van der Waals surface area contributed by atoms with Crippen molar-refractivity contribution in [3.05, 3.63) is 39.9 Å². The van der Waals surface area contributed by atoms with Gasteiger partial charge in [0, 0.05) is 19.5 Å². The van der Waals surface area contributed by atoms with Crippen LogP contribution in [0.3, 0.4) is 0 Å². The maximum Gasteiger partial charge on any atom is 0.338 e. The molecule has 27 heavy (non-hydrogen) atoms. The Kier molecular flexibility index (Phi) is 5.49.